The van der Waals surface area contributed by atoms with Crippen molar-refractivity contribution in [2.45, 2.75) is 33.2 Å². The van der Waals surface area contributed by atoms with Gasteiger partial charge in [-0.1, -0.05) is 6.92 Å². The van der Waals surface area contributed by atoms with E-state index in [1.165, 1.54) is 0 Å². The van der Waals surface area contributed by atoms with Gasteiger partial charge in [0.1, 0.15) is 5.82 Å². The Labute approximate surface area is 89.2 Å². The highest BCUT2D eigenvalue weighted by Crippen LogP contribution is 2.16. The van der Waals surface area contributed by atoms with Crippen molar-refractivity contribution in [1.29, 1.82) is 0 Å². The Bertz CT molecular complexity index is 346. The molecule has 5 heteroatoms. The van der Waals surface area contributed by atoms with Crippen LogP contribution in [0.3, 0.4) is 0 Å². The molecule has 0 fully saturated rings. The van der Waals surface area contributed by atoms with Gasteiger partial charge in [0.25, 0.3) is 0 Å². The van der Waals surface area contributed by atoms with Gasteiger partial charge in [0.05, 0.1) is 12.6 Å². The van der Waals surface area contributed by atoms with Crippen LogP contribution in [0.25, 0.3) is 0 Å². The number of nitrogens with zero attached hydrogens (tertiary/aromatic N) is 2. The second kappa shape index (κ2) is 4.82. The average molecular weight is 211 g/mol. The summed E-state index contributed by atoms with van der Waals surface area (Å²) in [7, 11) is 0. The lowest BCUT2D eigenvalue weighted by atomic mass is 10.3. The Balaban J connectivity index is 2.90. The van der Waals surface area contributed by atoms with Crippen molar-refractivity contribution >= 4 is 11.8 Å². The van der Waals surface area contributed by atoms with Gasteiger partial charge >= 0.3 is 5.97 Å². The molecule has 0 aliphatic heterocycles. The van der Waals surface area contributed by atoms with Gasteiger partial charge in [-0.25, -0.2) is 9.48 Å². The van der Waals surface area contributed by atoms with Gasteiger partial charge in [-0.05, 0) is 20.3 Å². The zero-order valence-electron chi connectivity index (χ0n) is 9.36. The zero-order chi connectivity index (χ0) is 11.4. The van der Waals surface area contributed by atoms with Crippen LogP contribution in [0.2, 0.25) is 0 Å². The Kier molecular flexibility index (Phi) is 3.71. The van der Waals surface area contributed by atoms with Crippen LogP contribution in [0.4, 0.5) is 5.82 Å². The molecule has 1 aromatic heterocycles. The smallest absolute Gasteiger partial charge is 0.358 e. The summed E-state index contributed by atoms with van der Waals surface area (Å²) in [5.41, 5.74) is 6.02. The van der Waals surface area contributed by atoms with E-state index in [0.717, 1.165) is 6.42 Å². The molecule has 15 heavy (non-hydrogen) atoms. The topological polar surface area (TPSA) is 70.1 Å². The highest BCUT2D eigenvalue weighted by Gasteiger charge is 2.15. The van der Waals surface area contributed by atoms with Gasteiger partial charge in [0.15, 0.2) is 5.69 Å². The third-order valence-corrected chi connectivity index (χ3v) is 2.26. The number of nitrogen functional groups attached to an aromatic ring is 1. The molecule has 0 aliphatic rings. The summed E-state index contributed by atoms with van der Waals surface area (Å²) in [5.74, 6) is 0.0682. The van der Waals surface area contributed by atoms with Crippen LogP contribution in [-0.2, 0) is 4.74 Å². The maximum absolute atomic E-state index is 11.4. The molecule has 1 heterocycles. The number of carbonyl (C=O) groups is 1. The summed E-state index contributed by atoms with van der Waals surface area (Å²) >= 11 is 0. The second-order valence-electron chi connectivity index (χ2n) is 3.38. The lowest BCUT2D eigenvalue weighted by Gasteiger charge is -2.10. The second-order valence-corrected chi connectivity index (χ2v) is 3.38. The van der Waals surface area contributed by atoms with Gasteiger partial charge in [-0.2, -0.15) is 5.10 Å². The molecule has 0 bridgehead atoms. The Morgan fingerprint density at radius 2 is 2.33 bits per heavy atom. The molecular formula is C10H17N3O2. The van der Waals surface area contributed by atoms with Gasteiger partial charge in [0.2, 0.25) is 0 Å². The lowest BCUT2D eigenvalue weighted by molar-refractivity contribution is 0.0518. The van der Waals surface area contributed by atoms with E-state index in [0.29, 0.717) is 12.4 Å². The Morgan fingerprint density at radius 1 is 1.67 bits per heavy atom. The van der Waals surface area contributed by atoms with Crippen molar-refractivity contribution < 1.29 is 9.53 Å². The fraction of sp³-hybridized carbons (Fsp3) is 0.600. The van der Waals surface area contributed by atoms with E-state index in [1.54, 1.807) is 17.7 Å². The number of carbonyl (C=O) groups excluding carboxylic acids is 1. The van der Waals surface area contributed by atoms with E-state index in [1.807, 2.05) is 13.8 Å². The van der Waals surface area contributed by atoms with Crippen molar-refractivity contribution in [3.63, 3.8) is 0 Å². The summed E-state index contributed by atoms with van der Waals surface area (Å²) in [5, 5.41) is 4.12. The van der Waals surface area contributed by atoms with Crippen LogP contribution in [0.15, 0.2) is 6.07 Å². The highest BCUT2D eigenvalue weighted by atomic mass is 16.5. The minimum absolute atomic E-state index is 0.188. The number of ether oxygens (including phenoxy) is 1. The van der Waals surface area contributed by atoms with Crippen LogP contribution in [-0.4, -0.2) is 22.4 Å². The van der Waals surface area contributed by atoms with Crippen LogP contribution in [0.5, 0.6) is 0 Å². The number of hydrogen-bond donors (Lipinski definition) is 1. The molecule has 1 aromatic rings. The predicted octanol–water partition coefficient (Wildman–Crippen LogP) is 1.61. The standard InChI is InChI=1S/C10H17N3O2/c1-4-7(3)13-9(11)6-8(12-13)10(14)15-5-2/h6-7H,4-5,11H2,1-3H3. The quantitative estimate of drug-likeness (QED) is 0.768. The monoisotopic (exact) mass is 211 g/mol. The number of esters is 1. The van der Waals surface area contributed by atoms with E-state index < -0.39 is 5.97 Å². The van der Waals surface area contributed by atoms with E-state index in [4.69, 9.17) is 10.5 Å². The maximum atomic E-state index is 11.4. The zero-order valence-corrected chi connectivity index (χ0v) is 9.36. The van der Waals surface area contributed by atoms with Crippen LogP contribution >= 0.6 is 0 Å². The molecule has 1 atom stereocenters. The van der Waals surface area contributed by atoms with Crippen LogP contribution in [0, 0.1) is 0 Å². The lowest BCUT2D eigenvalue weighted by Crippen LogP contribution is -2.11. The first-order valence-corrected chi connectivity index (χ1v) is 5.12. The first-order chi connectivity index (χ1) is 7.10. The van der Waals surface area contributed by atoms with Crippen molar-refractivity contribution in [3.05, 3.63) is 11.8 Å². The largest absolute Gasteiger partial charge is 0.461 e. The average Bonchev–Trinajstić information content (AvgIpc) is 2.60. The summed E-state index contributed by atoms with van der Waals surface area (Å²) in [6, 6.07) is 1.73. The molecule has 0 saturated carbocycles. The van der Waals surface area contributed by atoms with Crippen LogP contribution < -0.4 is 5.73 Å². The summed E-state index contributed by atoms with van der Waals surface area (Å²) < 4.78 is 6.48. The minimum Gasteiger partial charge on any atom is -0.461 e. The molecule has 5 nitrogen and oxygen atoms in total. The third kappa shape index (κ3) is 2.49. The van der Waals surface area contributed by atoms with Crippen molar-refractivity contribution in [1.82, 2.24) is 9.78 Å². The minimum atomic E-state index is -0.425. The van der Waals surface area contributed by atoms with E-state index in [9.17, 15) is 4.79 Å². The third-order valence-electron chi connectivity index (χ3n) is 2.26. The van der Waals surface area contributed by atoms with Gasteiger partial charge in [0, 0.05) is 6.07 Å². The number of anilines is 1. The molecule has 2 N–H and O–H groups in total. The predicted molar refractivity (Wildman–Crippen MR) is 57.6 cm³/mol. The molecule has 0 aromatic carbocycles. The van der Waals surface area contributed by atoms with E-state index >= 15 is 0 Å². The van der Waals surface area contributed by atoms with E-state index in [2.05, 4.69) is 5.10 Å². The molecule has 84 valence electrons. The van der Waals surface area contributed by atoms with Gasteiger partial charge in [-0.15, -0.1) is 0 Å². The molecule has 1 unspecified atom stereocenters. The normalized spacial score (nSPS) is 12.5. The molecule has 0 aliphatic carbocycles. The molecule has 1 rings (SSSR count). The van der Waals surface area contributed by atoms with Crippen molar-refractivity contribution in [2.75, 3.05) is 12.3 Å². The summed E-state index contributed by atoms with van der Waals surface area (Å²) in [6.07, 6.45) is 0.911. The molecular weight excluding hydrogens is 194 g/mol. The fourth-order valence-corrected chi connectivity index (χ4v) is 1.24. The Morgan fingerprint density at radius 3 is 2.87 bits per heavy atom. The van der Waals surface area contributed by atoms with Crippen LogP contribution in [0.1, 0.15) is 43.7 Å². The number of aromatic nitrogens is 2. The summed E-state index contributed by atoms with van der Waals surface area (Å²) in [6.45, 7) is 6.13. The van der Waals surface area contributed by atoms with Gasteiger partial charge < -0.3 is 10.5 Å². The molecule has 0 spiro atoms. The van der Waals surface area contributed by atoms with Crippen molar-refractivity contribution in [3.8, 4) is 0 Å². The van der Waals surface area contributed by atoms with Gasteiger partial charge in [-0.3, -0.25) is 0 Å². The highest BCUT2D eigenvalue weighted by molar-refractivity contribution is 5.88. The van der Waals surface area contributed by atoms with Crippen molar-refractivity contribution in [2.24, 2.45) is 0 Å². The number of rotatable bonds is 4. The maximum Gasteiger partial charge on any atom is 0.358 e. The SMILES string of the molecule is CCOC(=O)c1cc(N)n(C(C)CC)n1. The summed E-state index contributed by atoms with van der Waals surface area (Å²) in [4.78, 5) is 11.4. The molecule has 0 amide bonds. The number of nitrogens with two attached hydrogens (primary N) is 1. The first kappa shape index (κ1) is 11.6. The number of hydrogen-bond acceptors (Lipinski definition) is 4. The fourth-order valence-electron chi connectivity index (χ4n) is 1.24. The molecule has 0 saturated heterocycles. The van der Waals surface area contributed by atoms with E-state index in [-0.39, 0.29) is 11.7 Å². The molecule has 0 radical (unpaired) electrons. The Hall–Kier alpha value is -1.52. The first-order valence-electron chi connectivity index (χ1n) is 5.12.